The summed E-state index contributed by atoms with van der Waals surface area (Å²) in [4.78, 5) is 54.1. The van der Waals surface area contributed by atoms with Gasteiger partial charge in [0.05, 0.1) is 48.9 Å². The van der Waals surface area contributed by atoms with Gasteiger partial charge in [0, 0.05) is 13.0 Å². The number of imide groups is 1. The Hall–Kier alpha value is -3.10. The van der Waals surface area contributed by atoms with Crippen LogP contribution < -0.4 is 9.64 Å². The molecule has 0 aliphatic carbocycles. The monoisotopic (exact) mass is 590 g/mol. The fourth-order valence-corrected chi connectivity index (χ4v) is 5.64. The molecular formula is C27H18Cl4N2O5. The second-order valence-electron chi connectivity index (χ2n) is 8.90. The molecule has 1 fully saturated rings. The first-order valence-electron chi connectivity index (χ1n) is 11.5. The van der Waals surface area contributed by atoms with E-state index < -0.39 is 23.7 Å². The van der Waals surface area contributed by atoms with Crippen molar-refractivity contribution in [1.82, 2.24) is 4.90 Å². The number of fused-ring (bicyclic) bond motifs is 1. The van der Waals surface area contributed by atoms with Crippen molar-refractivity contribution in [2.75, 3.05) is 11.4 Å². The third-order valence-corrected chi connectivity index (χ3v) is 8.46. The summed E-state index contributed by atoms with van der Waals surface area (Å²) in [6.07, 6.45) is 0.0514. The molecule has 5 rings (SSSR count). The first kappa shape index (κ1) is 26.5. The van der Waals surface area contributed by atoms with E-state index in [0.717, 1.165) is 10.5 Å². The normalized spacial score (nSPS) is 17.7. The molecule has 38 heavy (non-hydrogen) atoms. The molecule has 2 heterocycles. The second kappa shape index (κ2) is 10.2. The minimum absolute atomic E-state index is 0.0514. The highest BCUT2D eigenvalue weighted by Gasteiger charge is 2.42. The summed E-state index contributed by atoms with van der Waals surface area (Å²) in [5, 5.41) is -0.567. The molecule has 3 aromatic carbocycles. The van der Waals surface area contributed by atoms with E-state index >= 15 is 0 Å². The summed E-state index contributed by atoms with van der Waals surface area (Å²) < 4.78 is 5.50. The Kier molecular flexibility index (Phi) is 7.13. The number of likely N-dealkylation sites (tertiary alicyclic amines) is 1. The number of benzene rings is 3. The lowest BCUT2D eigenvalue weighted by Gasteiger charge is -2.25. The molecular weight excluding hydrogens is 574 g/mol. The van der Waals surface area contributed by atoms with Gasteiger partial charge in [-0.1, -0.05) is 76.7 Å². The molecule has 7 nitrogen and oxygen atoms in total. The van der Waals surface area contributed by atoms with Crippen molar-refractivity contribution in [3.63, 3.8) is 0 Å². The number of anilines is 1. The van der Waals surface area contributed by atoms with Crippen molar-refractivity contribution >= 4 is 75.8 Å². The first-order valence-corrected chi connectivity index (χ1v) is 13.0. The number of hydrogen-bond donors (Lipinski definition) is 0. The van der Waals surface area contributed by atoms with Crippen molar-refractivity contribution in [1.29, 1.82) is 0 Å². The first-order chi connectivity index (χ1) is 18.1. The predicted octanol–water partition coefficient (Wildman–Crippen LogP) is 6.62. The molecule has 0 spiro atoms. The zero-order valence-electron chi connectivity index (χ0n) is 19.7. The third-order valence-electron chi connectivity index (χ3n) is 6.66. The Morgan fingerprint density at radius 2 is 1.39 bits per heavy atom. The molecule has 1 saturated heterocycles. The van der Waals surface area contributed by atoms with Crippen LogP contribution >= 0.6 is 46.4 Å². The molecule has 0 saturated carbocycles. The van der Waals surface area contributed by atoms with Gasteiger partial charge in [-0.2, -0.15) is 0 Å². The molecule has 2 aliphatic heterocycles. The second-order valence-corrected chi connectivity index (χ2v) is 10.4. The molecule has 3 amide bonds. The highest BCUT2D eigenvalue weighted by molar-refractivity contribution is 6.56. The van der Waals surface area contributed by atoms with E-state index in [9.17, 15) is 19.2 Å². The Balaban J connectivity index is 1.29. The number of carbonyl (C=O) groups is 4. The van der Waals surface area contributed by atoms with Gasteiger partial charge in [-0.3, -0.25) is 19.2 Å². The summed E-state index contributed by atoms with van der Waals surface area (Å²) in [5.74, 6) is -2.52. The van der Waals surface area contributed by atoms with Crippen molar-refractivity contribution in [3.8, 4) is 5.75 Å². The van der Waals surface area contributed by atoms with Crippen LogP contribution in [0, 0.1) is 5.92 Å². The van der Waals surface area contributed by atoms with Gasteiger partial charge in [-0.25, -0.2) is 4.90 Å². The number of ether oxygens (including phenoxy) is 1. The van der Waals surface area contributed by atoms with E-state index in [-0.39, 0.29) is 67.6 Å². The van der Waals surface area contributed by atoms with E-state index in [1.54, 1.807) is 4.90 Å². The van der Waals surface area contributed by atoms with Crippen LogP contribution in [0.4, 0.5) is 5.69 Å². The predicted molar refractivity (Wildman–Crippen MR) is 144 cm³/mol. The SMILES string of the molecule is C[C@H](c1ccccc1)N1C[C@H](C(=O)Oc2ccc(N3C(=O)c4c(Cl)c(Cl)c(Cl)c(Cl)c4C3=O)cc2)CC1=O. The molecule has 0 N–H and O–H groups in total. The lowest BCUT2D eigenvalue weighted by molar-refractivity contribution is -0.139. The van der Waals surface area contributed by atoms with Crippen molar-refractivity contribution < 1.29 is 23.9 Å². The van der Waals surface area contributed by atoms with Crippen LogP contribution in [0.1, 0.15) is 45.7 Å². The van der Waals surface area contributed by atoms with Crippen LogP contribution in [-0.2, 0) is 9.59 Å². The standard InChI is InChI=1S/C27H18Cl4N2O5/c1-13(14-5-3-2-4-6-14)32-12-15(11-18(32)34)27(37)38-17-9-7-16(8-10-17)33-25(35)19-20(26(33)36)22(29)24(31)23(30)21(19)28/h2-10,13,15H,11-12H2,1H3/t13-,15-/m1/s1. The summed E-state index contributed by atoms with van der Waals surface area (Å²) >= 11 is 24.5. The lowest BCUT2D eigenvalue weighted by Crippen LogP contribution is -2.30. The van der Waals surface area contributed by atoms with Crippen molar-refractivity contribution in [3.05, 3.63) is 91.4 Å². The minimum Gasteiger partial charge on any atom is -0.426 e. The van der Waals surface area contributed by atoms with Gasteiger partial charge in [-0.05, 0) is 36.8 Å². The quantitative estimate of drug-likeness (QED) is 0.109. The number of nitrogens with zero attached hydrogens (tertiary/aromatic N) is 2. The van der Waals surface area contributed by atoms with Gasteiger partial charge in [0.1, 0.15) is 5.75 Å². The summed E-state index contributed by atoms with van der Waals surface area (Å²) in [7, 11) is 0. The molecule has 0 aromatic heterocycles. The number of halogens is 4. The number of carbonyl (C=O) groups excluding carboxylic acids is 4. The smallest absolute Gasteiger partial charge is 0.316 e. The van der Waals surface area contributed by atoms with E-state index in [1.165, 1.54) is 24.3 Å². The highest BCUT2D eigenvalue weighted by atomic mass is 35.5. The lowest BCUT2D eigenvalue weighted by atomic mass is 10.1. The topological polar surface area (TPSA) is 84.0 Å². The van der Waals surface area contributed by atoms with E-state index in [0.29, 0.717) is 0 Å². The van der Waals surface area contributed by atoms with Crippen LogP contribution in [0.2, 0.25) is 20.1 Å². The Morgan fingerprint density at radius 1 is 0.842 bits per heavy atom. The number of amides is 3. The van der Waals surface area contributed by atoms with Crippen LogP contribution in [0.3, 0.4) is 0 Å². The van der Waals surface area contributed by atoms with Gasteiger partial charge in [0.25, 0.3) is 11.8 Å². The average Bonchev–Trinajstić information content (AvgIpc) is 3.43. The van der Waals surface area contributed by atoms with Gasteiger partial charge in [0.2, 0.25) is 5.91 Å². The molecule has 0 radical (unpaired) electrons. The fourth-order valence-electron chi connectivity index (χ4n) is 4.62. The molecule has 2 atom stereocenters. The zero-order chi connectivity index (χ0) is 27.3. The third kappa shape index (κ3) is 4.43. The van der Waals surface area contributed by atoms with Crippen LogP contribution in [0.5, 0.6) is 5.75 Å². The number of hydrogen-bond acceptors (Lipinski definition) is 5. The summed E-state index contributed by atoms with van der Waals surface area (Å²) in [6, 6.07) is 15.2. The van der Waals surface area contributed by atoms with E-state index in [4.69, 9.17) is 51.1 Å². The maximum Gasteiger partial charge on any atom is 0.316 e. The van der Waals surface area contributed by atoms with Crippen LogP contribution in [0.15, 0.2) is 54.6 Å². The van der Waals surface area contributed by atoms with E-state index in [2.05, 4.69) is 0 Å². The minimum atomic E-state index is -0.711. The Bertz CT molecular complexity index is 1450. The van der Waals surface area contributed by atoms with Gasteiger partial charge >= 0.3 is 5.97 Å². The maximum atomic E-state index is 13.0. The summed E-state index contributed by atoms with van der Waals surface area (Å²) in [5.41, 5.74) is 0.915. The van der Waals surface area contributed by atoms with Gasteiger partial charge in [-0.15, -0.1) is 0 Å². The zero-order valence-corrected chi connectivity index (χ0v) is 22.7. The van der Waals surface area contributed by atoms with Crippen LogP contribution in [0.25, 0.3) is 0 Å². The molecule has 0 unspecified atom stereocenters. The Labute approximate surface area is 237 Å². The van der Waals surface area contributed by atoms with E-state index in [1.807, 2.05) is 37.3 Å². The molecule has 2 aliphatic rings. The molecule has 11 heteroatoms. The van der Waals surface area contributed by atoms with Crippen LogP contribution in [-0.4, -0.2) is 35.1 Å². The van der Waals surface area contributed by atoms with Gasteiger partial charge in [0.15, 0.2) is 0 Å². The summed E-state index contributed by atoms with van der Waals surface area (Å²) in [6.45, 7) is 2.16. The Morgan fingerprint density at radius 3 is 1.95 bits per heavy atom. The molecule has 3 aromatic rings. The maximum absolute atomic E-state index is 13.0. The largest absolute Gasteiger partial charge is 0.426 e. The van der Waals surface area contributed by atoms with Gasteiger partial charge < -0.3 is 9.64 Å². The van der Waals surface area contributed by atoms with Crippen molar-refractivity contribution in [2.45, 2.75) is 19.4 Å². The average molecular weight is 592 g/mol. The number of esters is 1. The number of rotatable bonds is 5. The van der Waals surface area contributed by atoms with Crippen molar-refractivity contribution in [2.24, 2.45) is 5.92 Å². The fraction of sp³-hybridized carbons (Fsp3) is 0.185. The molecule has 194 valence electrons. The highest BCUT2D eigenvalue weighted by Crippen LogP contribution is 2.45. The molecule has 0 bridgehead atoms.